The van der Waals surface area contributed by atoms with Gasteiger partial charge in [-0.1, -0.05) is 103 Å². The molecule has 0 bridgehead atoms. The molecule has 0 aliphatic heterocycles. The number of aliphatic hydroxyl groups is 1. The van der Waals surface area contributed by atoms with Crippen LogP contribution in [0.1, 0.15) is 110 Å². The van der Waals surface area contributed by atoms with Crippen LogP contribution in [0.25, 0.3) is 0 Å². The van der Waals surface area contributed by atoms with E-state index in [2.05, 4.69) is 6.92 Å². The summed E-state index contributed by atoms with van der Waals surface area (Å²) in [4.78, 5) is 0. The van der Waals surface area contributed by atoms with E-state index < -0.39 is 0 Å². The highest BCUT2D eigenvalue weighted by atomic mass is 16.5. The molecular formula is C20H42O2. The van der Waals surface area contributed by atoms with Gasteiger partial charge in [-0.05, 0) is 6.42 Å². The van der Waals surface area contributed by atoms with Crippen molar-refractivity contribution >= 4 is 0 Å². The Morgan fingerprint density at radius 3 is 1.32 bits per heavy atom. The van der Waals surface area contributed by atoms with Gasteiger partial charge in [0.05, 0.1) is 12.7 Å². The fourth-order valence-corrected chi connectivity index (χ4v) is 3.03. The predicted molar refractivity (Wildman–Crippen MR) is 97.4 cm³/mol. The lowest BCUT2D eigenvalue weighted by Crippen LogP contribution is -2.14. The van der Waals surface area contributed by atoms with E-state index in [1.54, 1.807) is 7.11 Å². The van der Waals surface area contributed by atoms with Crippen LogP contribution < -0.4 is 0 Å². The van der Waals surface area contributed by atoms with Crippen molar-refractivity contribution in [3.8, 4) is 0 Å². The van der Waals surface area contributed by atoms with Gasteiger partial charge in [0.1, 0.15) is 0 Å². The maximum atomic E-state index is 9.02. The lowest BCUT2D eigenvalue weighted by Gasteiger charge is -2.11. The van der Waals surface area contributed by atoms with E-state index in [1.165, 1.54) is 96.3 Å². The van der Waals surface area contributed by atoms with Crippen LogP contribution >= 0.6 is 0 Å². The first-order chi connectivity index (χ1) is 10.8. The molecule has 1 unspecified atom stereocenters. The second kappa shape index (κ2) is 19.0. The molecule has 0 heterocycles. The summed E-state index contributed by atoms with van der Waals surface area (Å²) in [5, 5.41) is 9.02. The Morgan fingerprint density at radius 2 is 1.00 bits per heavy atom. The average molecular weight is 315 g/mol. The van der Waals surface area contributed by atoms with Gasteiger partial charge in [-0.2, -0.15) is 0 Å². The molecule has 134 valence electrons. The smallest absolute Gasteiger partial charge is 0.0802 e. The molecular weight excluding hydrogens is 272 g/mol. The summed E-state index contributed by atoms with van der Waals surface area (Å²) in [6.07, 6.45) is 22.0. The molecule has 1 atom stereocenters. The van der Waals surface area contributed by atoms with E-state index in [0.29, 0.717) is 0 Å². The Bertz CT molecular complexity index is 190. The number of ether oxygens (including phenoxy) is 1. The fourth-order valence-electron chi connectivity index (χ4n) is 3.03. The lowest BCUT2D eigenvalue weighted by atomic mass is 10.0. The number of hydrogen-bond acceptors (Lipinski definition) is 2. The first kappa shape index (κ1) is 21.9. The normalized spacial score (nSPS) is 12.7. The molecule has 0 aromatic rings. The molecule has 0 saturated heterocycles. The van der Waals surface area contributed by atoms with E-state index >= 15 is 0 Å². The Morgan fingerprint density at radius 1 is 0.636 bits per heavy atom. The first-order valence-electron chi connectivity index (χ1n) is 9.98. The van der Waals surface area contributed by atoms with Crippen molar-refractivity contribution in [1.82, 2.24) is 0 Å². The second-order valence-electron chi connectivity index (χ2n) is 6.78. The number of methoxy groups -OCH3 is 1. The molecule has 0 amide bonds. The van der Waals surface area contributed by atoms with Gasteiger partial charge in [-0.25, -0.2) is 0 Å². The highest BCUT2D eigenvalue weighted by Gasteiger charge is 2.03. The van der Waals surface area contributed by atoms with Crippen LogP contribution in [-0.2, 0) is 4.74 Å². The third-order valence-corrected chi connectivity index (χ3v) is 4.67. The SMILES string of the molecule is CCCCCCCCCCCCCCCCCC(CO)OC. The van der Waals surface area contributed by atoms with Crippen molar-refractivity contribution in [3.05, 3.63) is 0 Å². The van der Waals surface area contributed by atoms with Gasteiger partial charge in [-0.15, -0.1) is 0 Å². The molecule has 0 radical (unpaired) electrons. The van der Waals surface area contributed by atoms with Gasteiger partial charge in [0.15, 0.2) is 0 Å². The summed E-state index contributed by atoms with van der Waals surface area (Å²) in [6.45, 7) is 2.45. The summed E-state index contributed by atoms with van der Waals surface area (Å²) >= 11 is 0. The highest BCUT2D eigenvalue weighted by molar-refractivity contribution is 4.56. The van der Waals surface area contributed by atoms with Crippen LogP contribution in [0.2, 0.25) is 0 Å². The minimum atomic E-state index is 0.0574. The Balaban J connectivity index is 3.02. The van der Waals surface area contributed by atoms with Crippen LogP contribution in [0.4, 0.5) is 0 Å². The molecule has 0 fully saturated rings. The monoisotopic (exact) mass is 314 g/mol. The van der Waals surface area contributed by atoms with Crippen molar-refractivity contribution in [1.29, 1.82) is 0 Å². The second-order valence-corrected chi connectivity index (χ2v) is 6.78. The van der Waals surface area contributed by atoms with Gasteiger partial charge in [-0.3, -0.25) is 0 Å². The van der Waals surface area contributed by atoms with Crippen LogP contribution in [0.3, 0.4) is 0 Å². The molecule has 2 nitrogen and oxygen atoms in total. The van der Waals surface area contributed by atoms with Gasteiger partial charge in [0.2, 0.25) is 0 Å². The highest BCUT2D eigenvalue weighted by Crippen LogP contribution is 2.14. The average Bonchev–Trinajstić information content (AvgIpc) is 2.55. The molecule has 0 spiro atoms. The summed E-state index contributed by atoms with van der Waals surface area (Å²) in [5.41, 5.74) is 0. The van der Waals surface area contributed by atoms with Crippen molar-refractivity contribution in [2.24, 2.45) is 0 Å². The standard InChI is InChI=1S/C20H42O2/c1-3-4-5-6-7-8-9-10-11-12-13-14-15-16-17-18-20(19-21)22-2/h20-21H,3-19H2,1-2H3. The molecule has 0 aliphatic carbocycles. The molecule has 0 saturated carbocycles. The summed E-state index contributed by atoms with van der Waals surface area (Å²) < 4.78 is 5.17. The van der Waals surface area contributed by atoms with E-state index in [1.807, 2.05) is 0 Å². The summed E-state index contributed by atoms with van der Waals surface area (Å²) in [6, 6.07) is 0. The van der Waals surface area contributed by atoms with Crippen LogP contribution in [-0.4, -0.2) is 24.9 Å². The van der Waals surface area contributed by atoms with E-state index in [9.17, 15) is 0 Å². The maximum Gasteiger partial charge on any atom is 0.0802 e. The Kier molecular flexibility index (Phi) is 18.9. The molecule has 2 heteroatoms. The molecule has 0 aliphatic rings. The first-order valence-corrected chi connectivity index (χ1v) is 9.98. The van der Waals surface area contributed by atoms with Gasteiger partial charge in [0, 0.05) is 7.11 Å². The van der Waals surface area contributed by atoms with Crippen molar-refractivity contribution in [2.45, 2.75) is 116 Å². The molecule has 0 rings (SSSR count). The lowest BCUT2D eigenvalue weighted by molar-refractivity contribution is 0.0415. The minimum absolute atomic E-state index is 0.0574. The topological polar surface area (TPSA) is 29.5 Å². The Hall–Kier alpha value is -0.0800. The number of hydrogen-bond donors (Lipinski definition) is 1. The Labute approximate surface area is 140 Å². The zero-order valence-electron chi connectivity index (χ0n) is 15.5. The maximum absolute atomic E-state index is 9.02. The van der Waals surface area contributed by atoms with Crippen molar-refractivity contribution in [2.75, 3.05) is 13.7 Å². The largest absolute Gasteiger partial charge is 0.394 e. The van der Waals surface area contributed by atoms with Gasteiger partial charge >= 0.3 is 0 Å². The minimum Gasteiger partial charge on any atom is -0.394 e. The molecule has 1 N–H and O–H groups in total. The summed E-state index contributed by atoms with van der Waals surface area (Å²) in [7, 11) is 1.69. The zero-order valence-corrected chi connectivity index (χ0v) is 15.5. The zero-order chi connectivity index (χ0) is 16.3. The molecule has 0 aromatic carbocycles. The number of unbranched alkanes of at least 4 members (excludes halogenated alkanes) is 14. The molecule has 0 aromatic heterocycles. The van der Waals surface area contributed by atoms with Gasteiger partial charge < -0.3 is 9.84 Å². The summed E-state index contributed by atoms with van der Waals surface area (Å²) in [5.74, 6) is 0. The van der Waals surface area contributed by atoms with Crippen molar-refractivity contribution in [3.63, 3.8) is 0 Å². The van der Waals surface area contributed by atoms with Crippen LogP contribution in [0.5, 0.6) is 0 Å². The van der Waals surface area contributed by atoms with Crippen LogP contribution in [0.15, 0.2) is 0 Å². The van der Waals surface area contributed by atoms with Crippen LogP contribution in [0, 0.1) is 0 Å². The van der Waals surface area contributed by atoms with Crippen molar-refractivity contribution < 1.29 is 9.84 Å². The third kappa shape index (κ3) is 16.3. The quantitative estimate of drug-likeness (QED) is 0.303. The van der Waals surface area contributed by atoms with E-state index in [4.69, 9.17) is 9.84 Å². The van der Waals surface area contributed by atoms with E-state index in [0.717, 1.165) is 6.42 Å². The third-order valence-electron chi connectivity index (χ3n) is 4.67. The number of rotatable bonds is 18. The fraction of sp³-hybridized carbons (Fsp3) is 1.00. The predicted octanol–water partition coefficient (Wildman–Crippen LogP) is 6.26. The number of aliphatic hydroxyl groups excluding tert-OH is 1. The van der Waals surface area contributed by atoms with E-state index in [-0.39, 0.29) is 12.7 Å². The molecule has 22 heavy (non-hydrogen) atoms. The van der Waals surface area contributed by atoms with Gasteiger partial charge in [0.25, 0.3) is 0 Å².